The van der Waals surface area contributed by atoms with Gasteiger partial charge < -0.3 is 14.8 Å². The lowest BCUT2D eigenvalue weighted by Crippen LogP contribution is -2.48. The first kappa shape index (κ1) is 12.6. The highest BCUT2D eigenvalue weighted by molar-refractivity contribution is 4.94. The lowest BCUT2D eigenvalue weighted by molar-refractivity contribution is -0.0895. The Morgan fingerprint density at radius 3 is 3.00 bits per heavy atom. The minimum absolute atomic E-state index is 0.0440. The third kappa shape index (κ3) is 2.95. The fourth-order valence-corrected chi connectivity index (χ4v) is 3.44. The SMILES string of the molecule is C1=CCC(CNC2CCOC3(CCOC3)C2)CC1. The zero-order valence-corrected chi connectivity index (χ0v) is 11.2. The van der Waals surface area contributed by atoms with Gasteiger partial charge in [0.25, 0.3) is 0 Å². The maximum atomic E-state index is 5.97. The van der Waals surface area contributed by atoms with Gasteiger partial charge in [-0.1, -0.05) is 12.2 Å². The van der Waals surface area contributed by atoms with Crippen LogP contribution in [-0.4, -0.2) is 38.0 Å². The van der Waals surface area contributed by atoms with Crippen molar-refractivity contribution in [2.75, 3.05) is 26.4 Å². The molecule has 1 spiro atoms. The normalized spacial score (nSPS) is 40.4. The molecule has 2 fully saturated rings. The summed E-state index contributed by atoms with van der Waals surface area (Å²) in [5.41, 5.74) is 0.0440. The second-order valence-corrected chi connectivity index (χ2v) is 6.08. The van der Waals surface area contributed by atoms with Crippen LogP contribution in [0, 0.1) is 5.92 Å². The van der Waals surface area contributed by atoms with E-state index >= 15 is 0 Å². The molecule has 1 aliphatic carbocycles. The van der Waals surface area contributed by atoms with E-state index in [9.17, 15) is 0 Å². The molecule has 3 unspecified atom stereocenters. The molecule has 0 aromatic carbocycles. The summed E-state index contributed by atoms with van der Waals surface area (Å²) in [5, 5.41) is 3.77. The summed E-state index contributed by atoms with van der Waals surface area (Å²) >= 11 is 0. The molecule has 3 aliphatic rings. The molecule has 2 heterocycles. The summed E-state index contributed by atoms with van der Waals surface area (Å²) in [6.45, 7) is 3.75. The Labute approximate surface area is 110 Å². The average Bonchev–Trinajstić information content (AvgIpc) is 2.86. The van der Waals surface area contributed by atoms with E-state index in [0.29, 0.717) is 6.04 Å². The third-order valence-corrected chi connectivity index (χ3v) is 4.63. The van der Waals surface area contributed by atoms with Gasteiger partial charge in [-0.05, 0) is 44.6 Å². The quantitative estimate of drug-likeness (QED) is 0.781. The molecule has 2 aliphatic heterocycles. The van der Waals surface area contributed by atoms with Gasteiger partial charge in [0.1, 0.15) is 0 Å². The molecule has 1 N–H and O–H groups in total. The molecule has 3 heteroatoms. The molecule has 3 nitrogen and oxygen atoms in total. The van der Waals surface area contributed by atoms with Gasteiger partial charge in [0.15, 0.2) is 0 Å². The number of rotatable bonds is 3. The Bertz CT molecular complexity index is 297. The van der Waals surface area contributed by atoms with E-state index in [1.807, 2.05) is 0 Å². The summed E-state index contributed by atoms with van der Waals surface area (Å²) in [7, 11) is 0. The molecular formula is C15H25NO2. The van der Waals surface area contributed by atoms with Crippen molar-refractivity contribution in [3.8, 4) is 0 Å². The zero-order chi connectivity index (χ0) is 12.3. The standard InChI is InChI=1S/C15H25NO2/c1-2-4-13(5-3-1)11-16-14-6-8-18-15(10-14)7-9-17-12-15/h1-2,13-14,16H,3-12H2. The monoisotopic (exact) mass is 251 g/mol. The van der Waals surface area contributed by atoms with Crippen LogP contribution in [0.1, 0.15) is 38.5 Å². The van der Waals surface area contributed by atoms with Gasteiger partial charge in [-0.2, -0.15) is 0 Å². The first-order valence-corrected chi connectivity index (χ1v) is 7.46. The molecule has 0 aromatic heterocycles. The predicted molar refractivity (Wildman–Crippen MR) is 71.6 cm³/mol. The maximum Gasteiger partial charge on any atom is 0.0951 e. The van der Waals surface area contributed by atoms with Crippen LogP contribution in [0.3, 0.4) is 0 Å². The van der Waals surface area contributed by atoms with Gasteiger partial charge in [0, 0.05) is 25.7 Å². The van der Waals surface area contributed by atoms with Crippen molar-refractivity contribution in [1.29, 1.82) is 0 Å². The summed E-state index contributed by atoms with van der Waals surface area (Å²) in [6.07, 6.45) is 11.9. The number of nitrogens with one attached hydrogen (secondary N) is 1. The summed E-state index contributed by atoms with van der Waals surface area (Å²) < 4.78 is 11.5. The molecule has 0 bridgehead atoms. The highest BCUT2D eigenvalue weighted by atomic mass is 16.6. The number of ether oxygens (including phenoxy) is 2. The fraction of sp³-hybridized carbons (Fsp3) is 0.867. The van der Waals surface area contributed by atoms with Crippen molar-refractivity contribution < 1.29 is 9.47 Å². The molecule has 2 saturated heterocycles. The van der Waals surface area contributed by atoms with Crippen LogP contribution >= 0.6 is 0 Å². The van der Waals surface area contributed by atoms with Crippen molar-refractivity contribution in [1.82, 2.24) is 5.32 Å². The van der Waals surface area contributed by atoms with Crippen molar-refractivity contribution >= 4 is 0 Å². The van der Waals surface area contributed by atoms with Crippen molar-refractivity contribution in [3.63, 3.8) is 0 Å². The van der Waals surface area contributed by atoms with Gasteiger partial charge in [-0.3, -0.25) is 0 Å². The molecule has 18 heavy (non-hydrogen) atoms. The van der Waals surface area contributed by atoms with E-state index in [1.165, 1.54) is 25.8 Å². The average molecular weight is 251 g/mol. The molecule has 0 amide bonds. The van der Waals surface area contributed by atoms with E-state index in [4.69, 9.17) is 9.47 Å². The van der Waals surface area contributed by atoms with Crippen LogP contribution in [0.25, 0.3) is 0 Å². The molecule has 3 atom stereocenters. The smallest absolute Gasteiger partial charge is 0.0951 e. The van der Waals surface area contributed by atoms with Crippen molar-refractivity contribution in [2.24, 2.45) is 5.92 Å². The summed E-state index contributed by atoms with van der Waals surface area (Å²) in [6, 6.07) is 0.631. The van der Waals surface area contributed by atoms with E-state index in [0.717, 1.165) is 45.0 Å². The lowest BCUT2D eigenvalue weighted by Gasteiger charge is -2.38. The van der Waals surface area contributed by atoms with E-state index in [2.05, 4.69) is 17.5 Å². The maximum absolute atomic E-state index is 5.97. The molecule has 3 rings (SSSR count). The zero-order valence-electron chi connectivity index (χ0n) is 11.2. The number of hydrogen-bond acceptors (Lipinski definition) is 3. The van der Waals surface area contributed by atoms with E-state index in [1.54, 1.807) is 0 Å². The van der Waals surface area contributed by atoms with Crippen LogP contribution < -0.4 is 5.32 Å². The Morgan fingerprint density at radius 1 is 1.22 bits per heavy atom. The van der Waals surface area contributed by atoms with Gasteiger partial charge in [-0.15, -0.1) is 0 Å². The molecule has 0 radical (unpaired) electrons. The highest BCUT2D eigenvalue weighted by Crippen LogP contribution is 2.33. The summed E-state index contributed by atoms with van der Waals surface area (Å²) in [4.78, 5) is 0. The second kappa shape index (κ2) is 5.72. The largest absolute Gasteiger partial charge is 0.378 e. The van der Waals surface area contributed by atoms with Gasteiger partial charge in [0.2, 0.25) is 0 Å². The summed E-state index contributed by atoms with van der Waals surface area (Å²) in [5.74, 6) is 0.841. The molecule has 0 aromatic rings. The highest BCUT2D eigenvalue weighted by Gasteiger charge is 2.40. The van der Waals surface area contributed by atoms with Crippen LogP contribution in [0.2, 0.25) is 0 Å². The van der Waals surface area contributed by atoms with Crippen molar-refractivity contribution in [2.45, 2.75) is 50.2 Å². The molecular weight excluding hydrogens is 226 g/mol. The minimum Gasteiger partial charge on any atom is -0.378 e. The third-order valence-electron chi connectivity index (χ3n) is 4.63. The van der Waals surface area contributed by atoms with Crippen molar-refractivity contribution in [3.05, 3.63) is 12.2 Å². The Balaban J connectivity index is 1.46. The van der Waals surface area contributed by atoms with Crippen LogP contribution in [0.5, 0.6) is 0 Å². The van der Waals surface area contributed by atoms with Gasteiger partial charge >= 0.3 is 0 Å². The molecule has 102 valence electrons. The predicted octanol–water partition coefficient (Wildman–Crippen LogP) is 2.27. The van der Waals surface area contributed by atoms with E-state index < -0.39 is 0 Å². The lowest BCUT2D eigenvalue weighted by atomic mass is 9.88. The van der Waals surface area contributed by atoms with E-state index in [-0.39, 0.29) is 5.60 Å². The fourth-order valence-electron chi connectivity index (χ4n) is 3.44. The van der Waals surface area contributed by atoms with Crippen LogP contribution in [0.15, 0.2) is 12.2 Å². The Kier molecular flexibility index (Phi) is 4.02. The minimum atomic E-state index is 0.0440. The van der Waals surface area contributed by atoms with Crippen LogP contribution in [0.4, 0.5) is 0 Å². The topological polar surface area (TPSA) is 30.5 Å². The molecule has 0 saturated carbocycles. The van der Waals surface area contributed by atoms with Gasteiger partial charge in [0.05, 0.1) is 12.2 Å². The van der Waals surface area contributed by atoms with Gasteiger partial charge in [-0.25, -0.2) is 0 Å². The number of allylic oxidation sites excluding steroid dienone is 2. The first-order valence-electron chi connectivity index (χ1n) is 7.46. The number of hydrogen-bond donors (Lipinski definition) is 1. The second-order valence-electron chi connectivity index (χ2n) is 6.08. The van der Waals surface area contributed by atoms with Crippen LogP contribution in [-0.2, 0) is 9.47 Å². The first-order chi connectivity index (χ1) is 8.86. The Morgan fingerprint density at radius 2 is 2.22 bits per heavy atom. The Hall–Kier alpha value is -0.380.